The SMILES string of the molecule is Cc1cc(=O)oc2ccc(OCc3cc(=O)[nH]c4cc(Cl)ccc34)cc12. The molecule has 0 amide bonds. The van der Waals surface area contributed by atoms with Gasteiger partial charge in [0, 0.05) is 33.5 Å². The van der Waals surface area contributed by atoms with Gasteiger partial charge in [-0.15, -0.1) is 0 Å². The summed E-state index contributed by atoms with van der Waals surface area (Å²) in [7, 11) is 0. The topological polar surface area (TPSA) is 72.3 Å². The Kier molecular flexibility index (Phi) is 4.01. The highest BCUT2D eigenvalue weighted by Gasteiger charge is 2.07. The van der Waals surface area contributed by atoms with Crippen LogP contribution in [0.5, 0.6) is 5.75 Å². The zero-order chi connectivity index (χ0) is 18.3. The van der Waals surface area contributed by atoms with Crippen LogP contribution in [-0.4, -0.2) is 4.98 Å². The minimum Gasteiger partial charge on any atom is -0.489 e. The van der Waals surface area contributed by atoms with Crippen molar-refractivity contribution in [3.8, 4) is 5.75 Å². The molecular formula is C20H14ClNO4. The smallest absolute Gasteiger partial charge is 0.336 e. The maximum Gasteiger partial charge on any atom is 0.336 e. The average molecular weight is 368 g/mol. The molecule has 1 N–H and O–H groups in total. The molecule has 0 saturated carbocycles. The lowest BCUT2D eigenvalue weighted by Gasteiger charge is -2.10. The summed E-state index contributed by atoms with van der Waals surface area (Å²) in [6, 6.07) is 13.6. The highest BCUT2D eigenvalue weighted by Crippen LogP contribution is 2.25. The minimum atomic E-state index is -0.377. The van der Waals surface area contributed by atoms with Gasteiger partial charge in [0.15, 0.2) is 0 Å². The molecule has 0 unspecified atom stereocenters. The minimum absolute atomic E-state index is 0.213. The summed E-state index contributed by atoms with van der Waals surface area (Å²) in [5.41, 5.74) is 2.17. The summed E-state index contributed by atoms with van der Waals surface area (Å²) >= 11 is 5.99. The molecule has 130 valence electrons. The van der Waals surface area contributed by atoms with Gasteiger partial charge < -0.3 is 14.1 Å². The first-order valence-electron chi connectivity index (χ1n) is 7.98. The van der Waals surface area contributed by atoms with Crippen LogP contribution in [0.2, 0.25) is 5.02 Å². The van der Waals surface area contributed by atoms with Crippen LogP contribution < -0.4 is 15.9 Å². The van der Waals surface area contributed by atoms with Gasteiger partial charge >= 0.3 is 5.63 Å². The van der Waals surface area contributed by atoms with Crippen LogP contribution in [0.25, 0.3) is 21.9 Å². The predicted octanol–water partition coefficient (Wildman–Crippen LogP) is 4.18. The second-order valence-electron chi connectivity index (χ2n) is 6.04. The quantitative estimate of drug-likeness (QED) is 0.551. The van der Waals surface area contributed by atoms with Gasteiger partial charge in [-0.1, -0.05) is 17.7 Å². The van der Waals surface area contributed by atoms with E-state index >= 15 is 0 Å². The number of ether oxygens (including phenoxy) is 1. The number of aryl methyl sites for hydroxylation is 1. The van der Waals surface area contributed by atoms with Gasteiger partial charge in [-0.3, -0.25) is 4.79 Å². The molecule has 26 heavy (non-hydrogen) atoms. The van der Waals surface area contributed by atoms with Gasteiger partial charge in [0.25, 0.3) is 0 Å². The second kappa shape index (κ2) is 6.35. The van der Waals surface area contributed by atoms with E-state index in [9.17, 15) is 9.59 Å². The van der Waals surface area contributed by atoms with E-state index in [0.29, 0.717) is 21.9 Å². The van der Waals surface area contributed by atoms with Crippen LogP contribution in [0.3, 0.4) is 0 Å². The molecule has 4 aromatic rings. The van der Waals surface area contributed by atoms with E-state index in [1.54, 1.807) is 24.3 Å². The van der Waals surface area contributed by atoms with Crippen LogP contribution in [0.1, 0.15) is 11.1 Å². The number of nitrogens with one attached hydrogen (secondary N) is 1. The summed E-state index contributed by atoms with van der Waals surface area (Å²) in [5, 5.41) is 2.24. The number of fused-ring (bicyclic) bond motifs is 2. The number of aromatic nitrogens is 1. The predicted molar refractivity (Wildman–Crippen MR) is 101 cm³/mol. The zero-order valence-electron chi connectivity index (χ0n) is 13.8. The molecule has 4 rings (SSSR count). The molecule has 0 aliphatic carbocycles. The number of pyridine rings is 1. The molecule has 0 atom stereocenters. The molecule has 0 bridgehead atoms. The summed E-state index contributed by atoms with van der Waals surface area (Å²) in [6.07, 6.45) is 0. The van der Waals surface area contributed by atoms with Gasteiger partial charge in [0.1, 0.15) is 17.9 Å². The molecule has 2 aromatic carbocycles. The molecule has 5 nitrogen and oxygen atoms in total. The van der Waals surface area contributed by atoms with Crippen molar-refractivity contribution in [2.45, 2.75) is 13.5 Å². The molecule has 0 spiro atoms. The van der Waals surface area contributed by atoms with Crippen molar-refractivity contribution in [3.63, 3.8) is 0 Å². The molecule has 0 saturated heterocycles. The lowest BCUT2D eigenvalue weighted by molar-refractivity contribution is 0.308. The lowest BCUT2D eigenvalue weighted by atomic mass is 10.1. The molecule has 0 radical (unpaired) electrons. The van der Waals surface area contributed by atoms with E-state index in [4.69, 9.17) is 20.8 Å². The molecule has 2 aromatic heterocycles. The Balaban J connectivity index is 1.69. The highest BCUT2D eigenvalue weighted by molar-refractivity contribution is 6.31. The van der Waals surface area contributed by atoms with Gasteiger partial charge in [-0.25, -0.2) is 4.79 Å². The first-order chi connectivity index (χ1) is 12.5. The Morgan fingerprint density at radius 3 is 2.73 bits per heavy atom. The highest BCUT2D eigenvalue weighted by atomic mass is 35.5. The fraction of sp³-hybridized carbons (Fsp3) is 0.100. The van der Waals surface area contributed by atoms with E-state index in [2.05, 4.69) is 4.98 Å². The van der Waals surface area contributed by atoms with Gasteiger partial charge in [0.05, 0.1) is 5.52 Å². The summed E-state index contributed by atoms with van der Waals surface area (Å²) in [6.45, 7) is 2.07. The Hall–Kier alpha value is -3.05. The standard InChI is InChI=1S/C20H14ClNO4/c1-11-6-20(24)26-18-5-3-14(9-16(11)18)25-10-12-7-19(23)22-17-8-13(21)2-4-15(12)17/h2-9H,10H2,1H3,(H,22,23). The van der Waals surface area contributed by atoms with Crippen molar-refractivity contribution in [3.05, 3.63) is 85.5 Å². The van der Waals surface area contributed by atoms with E-state index in [-0.39, 0.29) is 17.8 Å². The maximum absolute atomic E-state index is 11.9. The summed E-state index contributed by atoms with van der Waals surface area (Å²) < 4.78 is 11.0. The number of H-pyrrole nitrogens is 1. The van der Waals surface area contributed by atoms with Crippen molar-refractivity contribution < 1.29 is 9.15 Å². The van der Waals surface area contributed by atoms with Crippen molar-refractivity contribution in [2.75, 3.05) is 0 Å². The third-order valence-corrected chi connectivity index (χ3v) is 4.44. The van der Waals surface area contributed by atoms with E-state index in [1.807, 2.05) is 19.1 Å². The molecular weight excluding hydrogens is 354 g/mol. The third-order valence-electron chi connectivity index (χ3n) is 4.21. The monoisotopic (exact) mass is 367 g/mol. The normalized spacial score (nSPS) is 11.2. The second-order valence-corrected chi connectivity index (χ2v) is 6.48. The van der Waals surface area contributed by atoms with E-state index < -0.39 is 0 Å². The van der Waals surface area contributed by atoms with Gasteiger partial charge in [0.2, 0.25) is 5.56 Å². The van der Waals surface area contributed by atoms with Crippen LogP contribution in [0.15, 0.2) is 62.5 Å². The molecule has 0 fully saturated rings. The fourth-order valence-corrected chi connectivity index (χ4v) is 3.15. The van der Waals surface area contributed by atoms with Crippen molar-refractivity contribution in [1.29, 1.82) is 0 Å². The largest absolute Gasteiger partial charge is 0.489 e. The summed E-state index contributed by atoms with van der Waals surface area (Å²) in [5.74, 6) is 0.622. The van der Waals surface area contributed by atoms with Gasteiger partial charge in [-0.05, 0) is 42.8 Å². The molecule has 6 heteroatoms. The molecule has 0 aliphatic heterocycles. The first-order valence-corrected chi connectivity index (χ1v) is 8.36. The Morgan fingerprint density at radius 2 is 1.88 bits per heavy atom. The number of hydrogen-bond acceptors (Lipinski definition) is 4. The van der Waals surface area contributed by atoms with Crippen molar-refractivity contribution in [2.24, 2.45) is 0 Å². The summed E-state index contributed by atoms with van der Waals surface area (Å²) in [4.78, 5) is 26.1. The maximum atomic E-state index is 11.9. The Bertz CT molecular complexity index is 1260. The van der Waals surface area contributed by atoms with E-state index in [1.165, 1.54) is 12.1 Å². The van der Waals surface area contributed by atoms with Gasteiger partial charge in [-0.2, -0.15) is 0 Å². The Morgan fingerprint density at radius 1 is 1.04 bits per heavy atom. The molecule has 2 heterocycles. The van der Waals surface area contributed by atoms with Crippen LogP contribution in [0.4, 0.5) is 0 Å². The average Bonchev–Trinajstić information content (AvgIpc) is 2.59. The number of hydrogen-bond donors (Lipinski definition) is 1. The van der Waals surface area contributed by atoms with Crippen LogP contribution in [-0.2, 0) is 6.61 Å². The first kappa shape index (κ1) is 16.4. The molecule has 0 aliphatic rings. The number of aromatic amines is 1. The van der Waals surface area contributed by atoms with Crippen LogP contribution >= 0.6 is 11.6 Å². The lowest BCUT2D eigenvalue weighted by Crippen LogP contribution is -2.08. The Labute approximate surface area is 152 Å². The van der Waals surface area contributed by atoms with Crippen molar-refractivity contribution in [1.82, 2.24) is 4.98 Å². The fourth-order valence-electron chi connectivity index (χ4n) is 2.97. The third kappa shape index (κ3) is 3.09. The number of rotatable bonds is 3. The van der Waals surface area contributed by atoms with Crippen molar-refractivity contribution >= 4 is 33.5 Å². The van der Waals surface area contributed by atoms with E-state index in [0.717, 1.165) is 21.9 Å². The van der Waals surface area contributed by atoms with Crippen LogP contribution in [0, 0.1) is 6.92 Å². The number of benzene rings is 2. The zero-order valence-corrected chi connectivity index (χ0v) is 14.6. The number of halogens is 1.